The average Bonchev–Trinajstić information content (AvgIpc) is 2.66. The van der Waals surface area contributed by atoms with E-state index in [1.165, 1.54) is 7.11 Å². The van der Waals surface area contributed by atoms with Crippen LogP contribution in [0.4, 0.5) is 0 Å². The molecule has 0 saturated carbocycles. The molecule has 0 amide bonds. The van der Waals surface area contributed by atoms with Crippen molar-refractivity contribution in [2.75, 3.05) is 7.11 Å². The van der Waals surface area contributed by atoms with Crippen molar-refractivity contribution in [3.8, 4) is 0 Å². The van der Waals surface area contributed by atoms with E-state index in [0.29, 0.717) is 0 Å². The summed E-state index contributed by atoms with van der Waals surface area (Å²) >= 11 is 0. The summed E-state index contributed by atoms with van der Waals surface area (Å²) in [5, 5.41) is 0. The van der Waals surface area contributed by atoms with Crippen molar-refractivity contribution in [3.05, 3.63) is 18.2 Å². The molecule has 0 fully saturated rings. The van der Waals surface area contributed by atoms with Crippen molar-refractivity contribution in [2.24, 2.45) is 11.7 Å². The maximum atomic E-state index is 11.7. The van der Waals surface area contributed by atoms with Crippen LogP contribution in [0.2, 0.25) is 0 Å². The number of carbonyl (C=O) groups is 1. The third kappa shape index (κ3) is 2.41. The minimum absolute atomic E-state index is 0.124. The molecule has 2 atom stereocenters. The predicted octanol–water partition coefficient (Wildman–Crippen LogP) is 1.27. The fourth-order valence-electron chi connectivity index (χ4n) is 1.73. The van der Waals surface area contributed by atoms with Gasteiger partial charge in [-0.2, -0.15) is 0 Å². The molecule has 5 heteroatoms. The Bertz CT molecular complexity index is 358. The van der Waals surface area contributed by atoms with Crippen LogP contribution in [-0.2, 0) is 9.53 Å². The zero-order valence-electron chi connectivity index (χ0n) is 10.2. The lowest BCUT2D eigenvalue weighted by Gasteiger charge is -2.23. The summed E-state index contributed by atoms with van der Waals surface area (Å²) < 4.78 is 6.60. The molecule has 1 rings (SSSR count). The molecule has 0 aliphatic rings. The van der Waals surface area contributed by atoms with Crippen LogP contribution >= 0.6 is 0 Å². The Morgan fingerprint density at radius 3 is 2.56 bits per heavy atom. The van der Waals surface area contributed by atoms with Gasteiger partial charge in [0.1, 0.15) is 6.04 Å². The van der Waals surface area contributed by atoms with Gasteiger partial charge in [0.25, 0.3) is 0 Å². The molecule has 0 bridgehead atoms. The summed E-state index contributed by atoms with van der Waals surface area (Å²) in [6.45, 7) is 5.79. The van der Waals surface area contributed by atoms with E-state index >= 15 is 0 Å². The van der Waals surface area contributed by atoms with Crippen molar-refractivity contribution in [3.63, 3.8) is 0 Å². The second-order valence-electron chi connectivity index (χ2n) is 4.23. The SMILES string of the molecule is COC(=O)C(C(C)C)n1cncc1C(C)N. The maximum Gasteiger partial charge on any atom is 0.329 e. The number of ether oxygens (including phenoxy) is 1. The van der Waals surface area contributed by atoms with E-state index < -0.39 is 0 Å². The van der Waals surface area contributed by atoms with Gasteiger partial charge in [-0.25, -0.2) is 9.78 Å². The number of imidazole rings is 1. The largest absolute Gasteiger partial charge is 0.467 e. The highest BCUT2D eigenvalue weighted by Gasteiger charge is 2.27. The minimum atomic E-state index is -0.367. The van der Waals surface area contributed by atoms with Crippen LogP contribution in [0, 0.1) is 5.92 Å². The van der Waals surface area contributed by atoms with Crippen LogP contribution in [0.5, 0.6) is 0 Å². The Morgan fingerprint density at radius 1 is 1.50 bits per heavy atom. The van der Waals surface area contributed by atoms with E-state index in [4.69, 9.17) is 10.5 Å². The second-order valence-corrected chi connectivity index (χ2v) is 4.23. The Balaban J connectivity index is 3.11. The Morgan fingerprint density at radius 2 is 2.12 bits per heavy atom. The molecule has 0 aromatic carbocycles. The van der Waals surface area contributed by atoms with Crippen LogP contribution < -0.4 is 5.73 Å². The van der Waals surface area contributed by atoms with Gasteiger partial charge in [-0.1, -0.05) is 13.8 Å². The lowest BCUT2D eigenvalue weighted by atomic mass is 10.0. The standard InChI is InChI=1S/C11H19N3O2/c1-7(2)10(11(15)16-4)14-6-13-5-9(14)8(3)12/h5-8,10H,12H2,1-4H3. The first-order valence-corrected chi connectivity index (χ1v) is 5.34. The number of carbonyl (C=O) groups excluding carboxylic acids is 1. The maximum absolute atomic E-state index is 11.7. The van der Waals surface area contributed by atoms with Gasteiger partial charge < -0.3 is 15.0 Å². The highest BCUT2D eigenvalue weighted by atomic mass is 16.5. The van der Waals surface area contributed by atoms with E-state index in [1.807, 2.05) is 20.8 Å². The van der Waals surface area contributed by atoms with Crippen molar-refractivity contribution >= 4 is 5.97 Å². The van der Waals surface area contributed by atoms with E-state index in [1.54, 1.807) is 17.1 Å². The Labute approximate surface area is 95.6 Å². The molecule has 0 aliphatic carbocycles. The molecule has 1 heterocycles. The highest BCUT2D eigenvalue weighted by molar-refractivity contribution is 5.74. The smallest absolute Gasteiger partial charge is 0.329 e. The average molecular weight is 225 g/mol. The van der Waals surface area contributed by atoms with Gasteiger partial charge in [0.15, 0.2) is 0 Å². The van der Waals surface area contributed by atoms with Crippen molar-refractivity contribution < 1.29 is 9.53 Å². The third-order valence-electron chi connectivity index (χ3n) is 2.54. The fraction of sp³-hybridized carbons (Fsp3) is 0.636. The van der Waals surface area contributed by atoms with Crippen molar-refractivity contribution in [1.82, 2.24) is 9.55 Å². The van der Waals surface area contributed by atoms with Gasteiger partial charge in [-0.05, 0) is 12.8 Å². The van der Waals surface area contributed by atoms with Crippen LogP contribution in [0.15, 0.2) is 12.5 Å². The normalized spacial score (nSPS) is 14.9. The van der Waals surface area contributed by atoms with Crippen LogP contribution in [-0.4, -0.2) is 22.6 Å². The molecule has 0 radical (unpaired) electrons. The highest BCUT2D eigenvalue weighted by Crippen LogP contribution is 2.23. The molecule has 1 aromatic rings. The van der Waals surface area contributed by atoms with E-state index in [-0.39, 0.29) is 24.0 Å². The molecule has 0 aliphatic heterocycles. The lowest BCUT2D eigenvalue weighted by molar-refractivity contribution is -0.146. The van der Waals surface area contributed by atoms with Gasteiger partial charge >= 0.3 is 5.97 Å². The number of hydrogen-bond acceptors (Lipinski definition) is 4. The minimum Gasteiger partial charge on any atom is -0.467 e. The summed E-state index contributed by atoms with van der Waals surface area (Å²) in [6.07, 6.45) is 3.31. The number of methoxy groups -OCH3 is 1. The molecule has 2 N–H and O–H groups in total. The van der Waals surface area contributed by atoms with Gasteiger partial charge in [-0.3, -0.25) is 0 Å². The zero-order chi connectivity index (χ0) is 12.3. The van der Waals surface area contributed by atoms with Gasteiger partial charge in [0, 0.05) is 12.2 Å². The topological polar surface area (TPSA) is 70.1 Å². The molecular weight excluding hydrogens is 206 g/mol. The zero-order valence-corrected chi connectivity index (χ0v) is 10.2. The molecule has 0 saturated heterocycles. The number of hydrogen-bond donors (Lipinski definition) is 1. The van der Waals surface area contributed by atoms with Crippen molar-refractivity contribution in [2.45, 2.75) is 32.9 Å². The first kappa shape index (κ1) is 12.7. The van der Waals surface area contributed by atoms with E-state index in [9.17, 15) is 4.79 Å². The summed E-state index contributed by atoms with van der Waals surface area (Å²) in [5.41, 5.74) is 6.66. The van der Waals surface area contributed by atoms with Gasteiger partial charge in [-0.15, -0.1) is 0 Å². The summed E-state index contributed by atoms with van der Waals surface area (Å²) in [6, 6.07) is -0.526. The molecule has 1 aromatic heterocycles. The van der Waals surface area contributed by atoms with E-state index in [0.717, 1.165) is 5.69 Å². The molecule has 5 nitrogen and oxygen atoms in total. The molecule has 0 spiro atoms. The van der Waals surface area contributed by atoms with E-state index in [2.05, 4.69) is 4.98 Å². The molecule has 16 heavy (non-hydrogen) atoms. The molecule has 2 unspecified atom stereocenters. The quantitative estimate of drug-likeness (QED) is 0.783. The third-order valence-corrected chi connectivity index (χ3v) is 2.54. The first-order valence-electron chi connectivity index (χ1n) is 5.34. The van der Waals surface area contributed by atoms with Crippen LogP contribution in [0.3, 0.4) is 0 Å². The first-order chi connectivity index (χ1) is 7.49. The number of aromatic nitrogens is 2. The molecular formula is C11H19N3O2. The van der Waals surface area contributed by atoms with Crippen LogP contribution in [0.1, 0.15) is 38.5 Å². The summed E-state index contributed by atoms with van der Waals surface area (Å²) in [7, 11) is 1.39. The van der Waals surface area contributed by atoms with Gasteiger partial charge in [0.2, 0.25) is 0 Å². The summed E-state index contributed by atoms with van der Waals surface area (Å²) in [5.74, 6) is -0.144. The molecule has 90 valence electrons. The predicted molar refractivity (Wildman–Crippen MR) is 60.7 cm³/mol. The monoisotopic (exact) mass is 225 g/mol. The number of nitrogens with two attached hydrogens (primary N) is 1. The lowest BCUT2D eigenvalue weighted by Crippen LogP contribution is -2.28. The number of esters is 1. The fourth-order valence-corrected chi connectivity index (χ4v) is 1.73. The summed E-state index contributed by atoms with van der Waals surface area (Å²) in [4.78, 5) is 15.8. The number of nitrogens with zero attached hydrogens (tertiary/aromatic N) is 2. The number of rotatable bonds is 4. The van der Waals surface area contributed by atoms with Crippen LogP contribution in [0.25, 0.3) is 0 Å². The van der Waals surface area contributed by atoms with Crippen molar-refractivity contribution in [1.29, 1.82) is 0 Å². The Hall–Kier alpha value is -1.36. The van der Waals surface area contributed by atoms with Gasteiger partial charge in [0.05, 0.1) is 19.1 Å². The Kier molecular flexibility index (Phi) is 4.06. The second kappa shape index (κ2) is 5.12.